The van der Waals surface area contributed by atoms with Crippen LogP contribution in [-0.4, -0.2) is 80.7 Å². The van der Waals surface area contributed by atoms with E-state index in [4.69, 9.17) is 19.4 Å². The molecule has 282 valence electrons. The zero-order valence-corrected chi connectivity index (χ0v) is 31.8. The molecule has 1 unspecified atom stereocenters. The summed E-state index contributed by atoms with van der Waals surface area (Å²) in [5.41, 5.74) is 3.20. The lowest BCUT2D eigenvalue weighted by Crippen LogP contribution is -2.49. The summed E-state index contributed by atoms with van der Waals surface area (Å²) in [6.07, 6.45) is 15.8. The van der Waals surface area contributed by atoms with Crippen LogP contribution in [-0.2, 0) is 9.53 Å². The minimum Gasteiger partial charge on any atom is -0.495 e. The van der Waals surface area contributed by atoms with Crippen LogP contribution in [0, 0.1) is 24.7 Å². The molecule has 11 heteroatoms. The number of ether oxygens (including phenoxy) is 2. The smallest absolute Gasteiger partial charge is 0.409 e. The molecular formula is C41H58N6O5. The second-order valence-corrected chi connectivity index (χ2v) is 15.8. The Morgan fingerprint density at radius 3 is 2.40 bits per heavy atom. The molecule has 3 aromatic heterocycles. The maximum Gasteiger partial charge on any atom is 0.409 e. The van der Waals surface area contributed by atoms with Gasteiger partial charge < -0.3 is 19.5 Å². The normalized spacial score (nSPS) is 21.5. The van der Waals surface area contributed by atoms with Crippen molar-refractivity contribution in [2.45, 2.75) is 116 Å². The Labute approximate surface area is 309 Å². The number of nitrogens with zero attached hydrogens (tertiary/aromatic N) is 6. The summed E-state index contributed by atoms with van der Waals surface area (Å²) in [4.78, 5) is 40.3. The molecule has 1 aliphatic heterocycles. The van der Waals surface area contributed by atoms with Gasteiger partial charge in [0.25, 0.3) is 0 Å². The van der Waals surface area contributed by atoms with Crippen LogP contribution in [0.25, 0.3) is 11.1 Å². The van der Waals surface area contributed by atoms with Gasteiger partial charge in [0.05, 0.1) is 30.6 Å². The predicted molar refractivity (Wildman–Crippen MR) is 201 cm³/mol. The molecule has 4 heterocycles. The molecule has 0 radical (unpaired) electrons. The SMILES string of the molecule is COc1ccc(C2CCC(CN(C(=O)C3CCCCC3)c3cc(-c4cnn(C(C)COC(=O)N5CCC(O)(C(C)C)CC5)c4)ccn3)CC2)nc1C. The van der Waals surface area contributed by atoms with E-state index >= 15 is 0 Å². The lowest BCUT2D eigenvalue weighted by atomic mass is 9.79. The summed E-state index contributed by atoms with van der Waals surface area (Å²) in [7, 11) is 1.68. The Bertz CT molecular complexity index is 1650. The Balaban J connectivity index is 1.10. The zero-order valence-electron chi connectivity index (χ0n) is 31.8. The van der Waals surface area contributed by atoms with Gasteiger partial charge in [0, 0.05) is 55.1 Å². The van der Waals surface area contributed by atoms with Crippen molar-refractivity contribution >= 4 is 17.8 Å². The van der Waals surface area contributed by atoms with Crippen LogP contribution in [0.2, 0.25) is 0 Å². The highest BCUT2D eigenvalue weighted by Crippen LogP contribution is 2.38. The van der Waals surface area contributed by atoms with Gasteiger partial charge in [-0.05, 0) is 107 Å². The minimum atomic E-state index is -0.725. The lowest BCUT2D eigenvalue weighted by molar-refractivity contribution is -0.123. The minimum absolute atomic E-state index is 0.0413. The number of hydrogen-bond acceptors (Lipinski definition) is 8. The highest BCUT2D eigenvalue weighted by atomic mass is 16.6. The van der Waals surface area contributed by atoms with E-state index in [-0.39, 0.29) is 36.5 Å². The van der Waals surface area contributed by atoms with Crippen molar-refractivity contribution < 1.29 is 24.2 Å². The number of rotatable bonds is 11. The molecule has 1 N–H and O–H groups in total. The maximum absolute atomic E-state index is 14.2. The largest absolute Gasteiger partial charge is 0.495 e. The standard InChI is InChI=1S/C41H58N6O5/c1-28(2)41(50)18-21-45(22-19-41)40(49)52-27-29(3)47-26-35(24-43-47)34-17-20-42-38(23-34)46(39(48)33-9-7-6-8-10-33)25-31-11-13-32(14-12-31)36-15-16-37(51-5)30(4)44-36/h15-17,20,23-24,26,28-29,31-33,50H,6-14,18-19,21-22,25,27H2,1-5H3. The molecule has 2 amide bonds. The second kappa shape index (κ2) is 16.8. The zero-order chi connectivity index (χ0) is 36.8. The lowest BCUT2D eigenvalue weighted by Gasteiger charge is -2.40. The van der Waals surface area contributed by atoms with E-state index in [1.54, 1.807) is 18.2 Å². The second-order valence-electron chi connectivity index (χ2n) is 15.8. The highest BCUT2D eigenvalue weighted by Gasteiger charge is 2.37. The monoisotopic (exact) mass is 714 g/mol. The number of hydrogen-bond donors (Lipinski definition) is 1. The first-order valence-corrected chi connectivity index (χ1v) is 19.5. The molecule has 0 aromatic carbocycles. The fourth-order valence-corrected chi connectivity index (χ4v) is 8.26. The maximum atomic E-state index is 14.2. The van der Waals surface area contributed by atoms with Gasteiger partial charge in [-0.15, -0.1) is 0 Å². The molecule has 6 rings (SSSR count). The van der Waals surface area contributed by atoms with Gasteiger partial charge >= 0.3 is 6.09 Å². The Hall–Kier alpha value is -3.99. The Morgan fingerprint density at radius 1 is 1.00 bits per heavy atom. The van der Waals surface area contributed by atoms with Crippen molar-refractivity contribution in [1.29, 1.82) is 0 Å². The Morgan fingerprint density at radius 2 is 1.73 bits per heavy atom. The molecule has 0 bridgehead atoms. The molecule has 52 heavy (non-hydrogen) atoms. The number of methoxy groups -OCH3 is 1. The van der Waals surface area contributed by atoms with Crippen molar-refractivity contribution in [3.63, 3.8) is 0 Å². The number of carbonyl (C=O) groups excluding carboxylic acids is 2. The first-order valence-electron chi connectivity index (χ1n) is 19.5. The fraction of sp³-hybridized carbons (Fsp3) is 0.634. The van der Waals surface area contributed by atoms with Gasteiger partial charge in [-0.2, -0.15) is 5.10 Å². The predicted octanol–water partition coefficient (Wildman–Crippen LogP) is 7.72. The van der Waals surface area contributed by atoms with Crippen LogP contribution in [0.5, 0.6) is 5.75 Å². The van der Waals surface area contributed by atoms with Crippen molar-refractivity contribution in [3.05, 3.63) is 54.2 Å². The number of anilines is 1. The third-order valence-corrected chi connectivity index (χ3v) is 12.0. The van der Waals surface area contributed by atoms with E-state index in [2.05, 4.69) is 11.2 Å². The molecule has 1 saturated heterocycles. The molecule has 3 aliphatic rings. The first kappa shape index (κ1) is 37.8. The highest BCUT2D eigenvalue weighted by molar-refractivity contribution is 5.94. The third kappa shape index (κ3) is 8.78. The summed E-state index contributed by atoms with van der Waals surface area (Å²) in [5, 5.41) is 15.4. The van der Waals surface area contributed by atoms with Gasteiger partial charge in [-0.1, -0.05) is 33.1 Å². The molecule has 0 spiro atoms. The summed E-state index contributed by atoms with van der Waals surface area (Å²) < 4.78 is 12.9. The van der Waals surface area contributed by atoms with Crippen LogP contribution < -0.4 is 9.64 Å². The van der Waals surface area contributed by atoms with E-state index in [1.165, 1.54) is 6.42 Å². The molecule has 2 aliphatic carbocycles. The average molecular weight is 715 g/mol. The first-order chi connectivity index (χ1) is 25.0. The summed E-state index contributed by atoms with van der Waals surface area (Å²) in [6.45, 7) is 9.84. The van der Waals surface area contributed by atoms with Crippen molar-refractivity contribution in [2.24, 2.45) is 17.8 Å². The van der Waals surface area contributed by atoms with Crippen LogP contribution in [0.15, 0.2) is 42.9 Å². The summed E-state index contributed by atoms with van der Waals surface area (Å²) >= 11 is 0. The van der Waals surface area contributed by atoms with Crippen molar-refractivity contribution in [3.8, 4) is 16.9 Å². The van der Waals surface area contributed by atoms with Gasteiger partial charge in [-0.25, -0.2) is 9.78 Å². The van der Waals surface area contributed by atoms with Crippen molar-refractivity contribution in [2.75, 3.05) is 38.3 Å². The van der Waals surface area contributed by atoms with E-state index in [9.17, 15) is 14.7 Å². The van der Waals surface area contributed by atoms with E-state index in [0.29, 0.717) is 50.1 Å². The number of likely N-dealkylation sites (tertiary alicyclic amines) is 1. The van der Waals surface area contributed by atoms with Crippen LogP contribution in [0.3, 0.4) is 0 Å². The van der Waals surface area contributed by atoms with Crippen molar-refractivity contribution in [1.82, 2.24) is 24.6 Å². The quantitative estimate of drug-likeness (QED) is 0.214. The summed E-state index contributed by atoms with van der Waals surface area (Å²) in [5.74, 6) is 2.72. The van der Waals surface area contributed by atoms with Gasteiger partial charge in [0.1, 0.15) is 18.2 Å². The molecular weight excluding hydrogens is 656 g/mol. The van der Waals surface area contributed by atoms with E-state index in [1.807, 2.05) is 67.9 Å². The number of amides is 2. The number of pyridine rings is 2. The third-order valence-electron chi connectivity index (χ3n) is 12.0. The number of piperidine rings is 1. The number of aromatic nitrogens is 4. The Kier molecular flexibility index (Phi) is 12.2. The molecule has 11 nitrogen and oxygen atoms in total. The van der Waals surface area contributed by atoms with E-state index < -0.39 is 5.60 Å². The number of aryl methyl sites for hydroxylation is 1. The molecule has 1 atom stereocenters. The molecule has 2 saturated carbocycles. The van der Waals surface area contributed by atoms with Crippen LogP contribution in [0.4, 0.5) is 10.6 Å². The van der Waals surface area contributed by atoms with Gasteiger partial charge in [0.2, 0.25) is 5.91 Å². The fourth-order valence-electron chi connectivity index (χ4n) is 8.26. The number of carbonyl (C=O) groups is 2. The molecule has 3 fully saturated rings. The van der Waals surface area contributed by atoms with E-state index in [0.717, 1.165) is 79.6 Å². The summed E-state index contributed by atoms with van der Waals surface area (Å²) in [6, 6.07) is 7.94. The van der Waals surface area contributed by atoms with Crippen LogP contribution >= 0.6 is 0 Å². The van der Waals surface area contributed by atoms with Crippen LogP contribution in [0.1, 0.15) is 115 Å². The topological polar surface area (TPSA) is 123 Å². The molecule has 3 aromatic rings. The number of aliphatic hydroxyl groups is 1. The van der Waals surface area contributed by atoms with Gasteiger partial charge in [-0.3, -0.25) is 19.4 Å². The average Bonchev–Trinajstić information content (AvgIpc) is 3.67. The van der Waals surface area contributed by atoms with Gasteiger partial charge in [0.15, 0.2) is 0 Å².